The molecule has 0 aliphatic rings. The lowest BCUT2D eigenvalue weighted by molar-refractivity contribution is -0.121. The van der Waals surface area contributed by atoms with Gasteiger partial charge in [0.25, 0.3) is 0 Å². The van der Waals surface area contributed by atoms with Gasteiger partial charge in [-0.2, -0.15) is 0 Å². The van der Waals surface area contributed by atoms with Crippen molar-refractivity contribution in [1.82, 2.24) is 10.2 Å². The Hall–Kier alpha value is -1.75. The highest BCUT2D eigenvalue weighted by Gasteiger charge is 2.05. The van der Waals surface area contributed by atoms with E-state index < -0.39 is 0 Å². The van der Waals surface area contributed by atoms with Crippen molar-refractivity contribution in [2.24, 2.45) is 0 Å². The molecule has 1 N–H and O–H groups in total. The third-order valence-corrected chi connectivity index (χ3v) is 2.59. The number of amides is 1. The second-order valence-electron chi connectivity index (χ2n) is 4.22. The molecule has 19 heavy (non-hydrogen) atoms. The monoisotopic (exact) mass is 266 g/mol. The van der Waals surface area contributed by atoms with Crippen molar-refractivity contribution in [3.05, 3.63) is 24.3 Å². The molecular weight excluding hydrogens is 244 g/mol. The van der Waals surface area contributed by atoms with Crippen molar-refractivity contribution < 1.29 is 14.3 Å². The van der Waals surface area contributed by atoms with E-state index in [2.05, 4.69) is 5.32 Å². The van der Waals surface area contributed by atoms with Crippen molar-refractivity contribution in [3.63, 3.8) is 0 Å². The van der Waals surface area contributed by atoms with Crippen LogP contribution < -0.4 is 14.8 Å². The van der Waals surface area contributed by atoms with Gasteiger partial charge >= 0.3 is 0 Å². The number of likely N-dealkylation sites (N-methyl/N-ethyl adjacent to an activating group) is 2. The summed E-state index contributed by atoms with van der Waals surface area (Å²) in [6, 6.07) is 7.44. The normalized spacial score (nSPS) is 10.3. The van der Waals surface area contributed by atoms with Gasteiger partial charge in [-0.3, -0.25) is 9.69 Å². The van der Waals surface area contributed by atoms with Gasteiger partial charge in [-0.25, -0.2) is 0 Å². The molecule has 0 saturated heterocycles. The molecule has 0 unspecified atom stereocenters. The largest absolute Gasteiger partial charge is 0.497 e. The molecule has 1 aromatic rings. The Labute approximate surface area is 114 Å². The lowest BCUT2D eigenvalue weighted by Crippen LogP contribution is -2.36. The van der Waals surface area contributed by atoms with E-state index in [0.29, 0.717) is 26.2 Å². The van der Waals surface area contributed by atoms with Crippen LogP contribution in [0.25, 0.3) is 0 Å². The summed E-state index contributed by atoms with van der Waals surface area (Å²) in [4.78, 5) is 13.3. The maximum Gasteiger partial charge on any atom is 0.234 e. The molecule has 0 aromatic heterocycles. The molecular formula is C14H22N2O3. The standard InChI is InChI=1S/C14H22N2O3/c1-4-15-14(17)11-16(2)9-10-19-13-7-5-12(18-3)6-8-13/h5-8H,4,9-11H2,1-3H3,(H,15,17). The van der Waals surface area contributed by atoms with Crippen molar-refractivity contribution in [1.29, 1.82) is 0 Å². The molecule has 0 aliphatic heterocycles. The fourth-order valence-corrected chi connectivity index (χ4v) is 1.57. The summed E-state index contributed by atoms with van der Waals surface area (Å²) in [6.45, 7) is 4.20. The summed E-state index contributed by atoms with van der Waals surface area (Å²) in [5.41, 5.74) is 0. The van der Waals surface area contributed by atoms with Crippen LogP contribution in [0.4, 0.5) is 0 Å². The number of benzene rings is 1. The molecule has 0 radical (unpaired) electrons. The first-order chi connectivity index (χ1) is 9.15. The van der Waals surface area contributed by atoms with E-state index in [-0.39, 0.29) is 5.91 Å². The van der Waals surface area contributed by atoms with Crippen LogP contribution in [0.15, 0.2) is 24.3 Å². The van der Waals surface area contributed by atoms with Crippen LogP contribution >= 0.6 is 0 Å². The number of nitrogens with zero attached hydrogens (tertiary/aromatic N) is 1. The predicted octanol–water partition coefficient (Wildman–Crippen LogP) is 1.14. The zero-order chi connectivity index (χ0) is 14.1. The summed E-state index contributed by atoms with van der Waals surface area (Å²) in [7, 11) is 3.53. The zero-order valence-electron chi connectivity index (χ0n) is 11.8. The first-order valence-corrected chi connectivity index (χ1v) is 6.37. The van der Waals surface area contributed by atoms with Crippen molar-refractivity contribution >= 4 is 5.91 Å². The third-order valence-electron chi connectivity index (χ3n) is 2.59. The highest BCUT2D eigenvalue weighted by Crippen LogP contribution is 2.16. The van der Waals surface area contributed by atoms with Gasteiger partial charge in [0.15, 0.2) is 0 Å². The highest BCUT2D eigenvalue weighted by atomic mass is 16.5. The maximum atomic E-state index is 11.3. The van der Waals surface area contributed by atoms with E-state index in [1.165, 1.54) is 0 Å². The summed E-state index contributed by atoms with van der Waals surface area (Å²) < 4.78 is 10.7. The van der Waals surface area contributed by atoms with Gasteiger partial charge in [0.1, 0.15) is 18.1 Å². The Morgan fingerprint density at radius 1 is 1.26 bits per heavy atom. The number of rotatable bonds is 8. The van der Waals surface area contributed by atoms with E-state index in [1.54, 1.807) is 7.11 Å². The Kier molecular flexibility index (Phi) is 6.74. The Morgan fingerprint density at radius 3 is 2.47 bits per heavy atom. The minimum atomic E-state index is 0.0365. The van der Waals surface area contributed by atoms with Crippen LogP contribution in [-0.2, 0) is 4.79 Å². The molecule has 0 fully saturated rings. The second kappa shape index (κ2) is 8.37. The van der Waals surface area contributed by atoms with Crippen LogP contribution in [0.2, 0.25) is 0 Å². The molecule has 1 rings (SSSR count). The average molecular weight is 266 g/mol. The van der Waals surface area contributed by atoms with Gasteiger partial charge in [0.2, 0.25) is 5.91 Å². The molecule has 0 saturated carbocycles. The Balaban J connectivity index is 2.23. The summed E-state index contributed by atoms with van der Waals surface area (Å²) in [5, 5.41) is 2.76. The first-order valence-electron chi connectivity index (χ1n) is 6.37. The number of carbonyl (C=O) groups is 1. The minimum Gasteiger partial charge on any atom is -0.497 e. The number of ether oxygens (including phenoxy) is 2. The average Bonchev–Trinajstić information content (AvgIpc) is 2.39. The highest BCUT2D eigenvalue weighted by molar-refractivity contribution is 5.77. The molecule has 1 aromatic carbocycles. The SMILES string of the molecule is CCNC(=O)CN(C)CCOc1ccc(OC)cc1. The number of carbonyl (C=O) groups excluding carboxylic acids is 1. The van der Waals surface area contributed by atoms with Crippen LogP contribution in [-0.4, -0.2) is 51.2 Å². The number of hydrogen-bond donors (Lipinski definition) is 1. The van der Waals surface area contributed by atoms with Crippen LogP contribution in [0.1, 0.15) is 6.92 Å². The van der Waals surface area contributed by atoms with Gasteiger partial charge in [-0.1, -0.05) is 0 Å². The van der Waals surface area contributed by atoms with Gasteiger partial charge in [-0.15, -0.1) is 0 Å². The summed E-state index contributed by atoms with van der Waals surface area (Å²) in [6.07, 6.45) is 0. The molecule has 0 atom stereocenters. The maximum absolute atomic E-state index is 11.3. The number of hydrogen-bond acceptors (Lipinski definition) is 4. The number of methoxy groups -OCH3 is 1. The van der Waals surface area contributed by atoms with Gasteiger partial charge in [0, 0.05) is 13.1 Å². The molecule has 0 aliphatic carbocycles. The summed E-state index contributed by atoms with van der Waals surface area (Å²) in [5.74, 6) is 1.64. The lowest BCUT2D eigenvalue weighted by atomic mass is 10.3. The lowest BCUT2D eigenvalue weighted by Gasteiger charge is -2.16. The zero-order valence-corrected chi connectivity index (χ0v) is 11.8. The minimum absolute atomic E-state index is 0.0365. The molecule has 0 heterocycles. The van der Waals surface area contributed by atoms with Crippen LogP contribution in [0, 0.1) is 0 Å². The van der Waals surface area contributed by atoms with Crippen LogP contribution in [0.3, 0.4) is 0 Å². The number of nitrogens with one attached hydrogen (secondary N) is 1. The van der Waals surface area contributed by atoms with E-state index in [4.69, 9.17) is 9.47 Å². The van der Waals surface area contributed by atoms with Crippen molar-refractivity contribution in [2.75, 3.05) is 40.4 Å². The molecule has 5 heteroatoms. The predicted molar refractivity (Wildman–Crippen MR) is 74.7 cm³/mol. The van der Waals surface area contributed by atoms with Gasteiger partial charge in [-0.05, 0) is 38.2 Å². The molecule has 106 valence electrons. The smallest absolute Gasteiger partial charge is 0.234 e. The Morgan fingerprint density at radius 2 is 1.89 bits per heavy atom. The van der Waals surface area contributed by atoms with Gasteiger partial charge < -0.3 is 14.8 Å². The molecule has 0 bridgehead atoms. The third kappa shape index (κ3) is 6.10. The van der Waals surface area contributed by atoms with E-state index in [1.807, 2.05) is 43.1 Å². The van der Waals surface area contributed by atoms with Crippen LogP contribution in [0.5, 0.6) is 11.5 Å². The van der Waals surface area contributed by atoms with E-state index in [0.717, 1.165) is 11.5 Å². The summed E-state index contributed by atoms with van der Waals surface area (Å²) >= 11 is 0. The Bertz CT molecular complexity index is 379. The topological polar surface area (TPSA) is 50.8 Å². The fourth-order valence-electron chi connectivity index (χ4n) is 1.57. The van der Waals surface area contributed by atoms with Crippen molar-refractivity contribution in [2.45, 2.75) is 6.92 Å². The molecule has 1 amide bonds. The second-order valence-corrected chi connectivity index (χ2v) is 4.22. The molecule has 0 spiro atoms. The van der Waals surface area contributed by atoms with E-state index >= 15 is 0 Å². The quantitative estimate of drug-likeness (QED) is 0.766. The fraction of sp³-hybridized carbons (Fsp3) is 0.500. The van der Waals surface area contributed by atoms with Gasteiger partial charge in [0.05, 0.1) is 13.7 Å². The molecule has 5 nitrogen and oxygen atoms in total. The van der Waals surface area contributed by atoms with E-state index in [9.17, 15) is 4.79 Å². The van der Waals surface area contributed by atoms with Crippen molar-refractivity contribution in [3.8, 4) is 11.5 Å². The first kappa shape index (κ1) is 15.3.